The van der Waals surface area contributed by atoms with Crippen LogP contribution < -0.4 is 0 Å². The molecule has 0 radical (unpaired) electrons. The molecule has 0 saturated heterocycles. The summed E-state index contributed by atoms with van der Waals surface area (Å²) in [5.41, 5.74) is -0.641. The lowest BCUT2D eigenvalue weighted by molar-refractivity contribution is 0.0907. The van der Waals surface area contributed by atoms with E-state index in [0.717, 1.165) is 12.3 Å². The molecular weight excluding hydrogens is 160 g/mol. The van der Waals surface area contributed by atoms with Crippen molar-refractivity contribution in [2.75, 3.05) is 0 Å². The highest BCUT2D eigenvalue weighted by atomic mass is 16.3. The highest BCUT2D eigenvalue weighted by Gasteiger charge is 2.19. The summed E-state index contributed by atoms with van der Waals surface area (Å²) in [6, 6.07) is 0. The van der Waals surface area contributed by atoms with Crippen LogP contribution in [0, 0.1) is 5.92 Å². The SMILES string of the molecule is C=C[C@@](C)(O)CCC1CCCCC1. The van der Waals surface area contributed by atoms with Crippen molar-refractivity contribution in [3.05, 3.63) is 12.7 Å². The lowest BCUT2D eigenvalue weighted by Crippen LogP contribution is -2.22. The molecule has 0 amide bonds. The molecule has 1 aliphatic carbocycles. The van der Waals surface area contributed by atoms with Gasteiger partial charge in [0.25, 0.3) is 0 Å². The largest absolute Gasteiger partial charge is 0.386 e. The lowest BCUT2D eigenvalue weighted by atomic mass is 9.83. The molecular formula is C12H22O. The molecule has 1 saturated carbocycles. The van der Waals surface area contributed by atoms with E-state index in [9.17, 15) is 5.11 Å². The van der Waals surface area contributed by atoms with Crippen molar-refractivity contribution < 1.29 is 5.11 Å². The lowest BCUT2D eigenvalue weighted by Gasteiger charge is -2.25. The van der Waals surface area contributed by atoms with Gasteiger partial charge >= 0.3 is 0 Å². The van der Waals surface area contributed by atoms with Crippen LogP contribution in [0.3, 0.4) is 0 Å². The average Bonchev–Trinajstić information content (AvgIpc) is 2.17. The van der Waals surface area contributed by atoms with Gasteiger partial charge in [-0.25, -0.2) is 0 Å². The molecule has 1 heteroatoms. The number of rotatable bonds is 4. The first-order valence-electron chi connectivity index (χ1n) is 5.50. The third kappa shape index (κ3) is 3.95. The molecule has 1 nitrogen and oxygen atoms in total. The zero-order valence-electron chi connectivity index (χ0n) is 8.76. The Kier molecular flexibility index (Phi) is 3.98. The van der Waals surface area contributed by atoms with E-state index in [2.05, 4.69) is 6.58 Å². The van der Waals surface area contributed by atoms with Gasteiger partial charge in [0.1, 0.15) is 0 Å². The minimum absolute atomic E-state index is 0.641. The van der Waals surface area contributed by atoms with Gasteiger partial charge in [0.2, 0.25) is 0 Å². The first kappa shape index (κ1) is 10.8. The minimum Gasteiger partial charge on any atom is -0.386 e. The van der Waals surface area contributed by atoms with Crippen LogP contribution in [0.4, 0.5) is 0 Å². The molecule has 1 fully saturated rings. The van der Waals surface area contributed by atoms with Crippen molar-refractivity contribution >= 4 is 0 Å². The molecule has 76 valence electrons. The van der Waals surface area contributed by atoms with Gasteiger partial charge in [-0.2, -0.15) is 0 Å². The third-order valence-corrected chi connectivity index (χ3v) is 3.22. The van der Waals surface area contributed by atoms with Gasteiger partial charge in [-0.05, 0) is 25.7 Å². The van der Waals surface area contributed by atoms with Gasteiger partial charge in [-0.3, -0.25) is 0 Å². The second-order valence-electron chi connectivity index (χ2n) is 4.60. The van der Waals surface area contributed by atoms with Crippen LogP contribution in [0.25, 0.3) is 0 Å². The second-order valence-corrected chi connectivity index (χ2v) is 4.60. The summed E-state index contributed by atoms with van der Waals surface area (Å²) in [6.45, 7) is 5.50. The Morgan fingerprint density at radius 3 is 2.54 bits per heavy atom. The van der Waals surface area contributed by atoms with Gasteiger partial charge in [-0.15, -0.1) is 6.58 Å². The Labute approximate surface area is 81.9 Å². The normalized spacial score (nSPS) is 23.8. The van der Waals surface area contributed by atoms with E-state index in [1.165, 1.54) is 38.5 Å². The number of hydrogen-bond donors (Lipinski definition) is 1. The van der Waals surface area contributed by atoms with Crippen molar-refractivity contribution in [2.45, 2.75) is 57.5 Å². The third-order valence-electron chi connectivity index (χ3n) is 3.22. The molecule has 0 aromatic rings. The minimum atomic E-state index is -0.641. The molecule has 1 aliphatic rings. The van der Waals surface area contributed by atoms with Crippen molar-refractivity contribution in [1.82, 2.24) is 0 Å². The Hall–Kier alpha value is -0.300. The molecule has 0 bridgehead atoms. The molecule has 1 atom stereocenters. The summed E-state index contributed by atoms with van der Waals surface area (Å²) < 4.78 is 0. The monoisotopic (exact) mass is 182 g/mol. The maximum absolute atomic E-state index is 9.74. The highest BCUT2D eigenvalue weighted by Crippen LogP contribution is 2.29. The van der Waals surface area contributed by atoms with Gasteiger partial charge in [0.05, 0.1) is 5.60 Å². The summed E-state index contributed by atoms with van der Waals surface area (Å²) in [5, 5.41) is 9.74. The Bertz CT molecular complexity index is 155. The first-order chi connectivity index (χ1) is 6.14. The van der Waals surface area contributed by atoms with Crippen molar-refractivity contribution in [1.29, 1.82) is 0 Å². The Morgan fingerprint density at radius 2 is 2.00 bits per heavy atom. The molecule has 0 aliphatic heterocycles. The maximum Gasteiger partial charge on any atom is 0.0797 e. The number of hydrogen-bond acceptors (Lipinski definition) is 1. The fraction of sp³-hybridized carbons (Fsp3) is 0.833. The standard InChI is InChI=1S/C12H22O/c1-3-12(2,13)10-9-11-7-5-4-6-8-11/h3,11,13H,1,4-10H2,2H3/t12-/m1/s1. The Morgan fingerprint density at radius 1 is 1.38 bits per heavy atom. The molecule has 0 aromatic carbocycles. The summed E-state index contributed by atoms with van der Waals surface area (Å²) in [7, 11) is 0. The summed E-state index contributed by atoms with van der Waals surface area (Å²) in [4.78, 5) is 0. The zero-order chi connectivity index (χ0) is 9.73. The molecule has 13 heavy (non-hydrogen) atoms. The van der Waals surface area contributed by atoms with Crippen LogP contribution in [0.5, 0.6) is 0 Å². The second kappa shape index (κ2) is 4.80. The molecule has 0 aromatic heterocycles. The van der Waals surface area contributed by atoms with Crippen LogP contribution in [0.2, 0.25) is 0 Å². The van der Waals surface area contributed by atoms with Crippen LogP contribution in [-0.2, 0) is 0 Å². The van der Waals surface area contributed by atoms with E-state index in [0.29, 0.717) is 0 Å². The van der Waals surface area contributed by atoms with Crippen molar-refractivity contribution in [3.8, 4) is 0 Å². The van der Waals surface area contributed by atoms with E-state index in [1.807, 2.05) is 6.92 Å². The molecule has 1 N–H and O–H groups in total. The molecule has 0 unspecified atom stereocenters. The van der Waals surface area contributed by atoms with Gasteiger partial charge in [0, 0.05) is 0 Å². The van der Waals surface area contributed by atoms with E-state index in [-0.39, 0.29) is 0 Å². The van der Waals surface area contributed by atoms with E-state index >= 15 is 0 Å². The van der Waals surface area contributed by atoms with Crippen LogP contribution >= 0.6 is 0 Å². The fourth-order valence-corrected chi connectivity index (χ4v) is 2.07. The first-order valence-corrected chi connectivity index (χ1v) is 5.50. The summed E-state index contributed by atoms with van der Waals surface area (Å²) in [6.07, 6.45) is 10.6. The van der Waals surface area contributed by atoms with Crippen molar-refractivity contribution in [2.24, 2.45) is 5.92 Å². The predicted molar refractivity (Wildman–Crippen MR) is 56.6 cm³/mol. The quantitative estimate of drug-likeness (QED) is 0.661. The zero-order valence-corrected chi connectivity index (χ0v) is 8.76. The topological polar surface area (TPSA) is 20.2 Å². The van der Waals surface area contributed by atoms with Crippen LogP contribution in [0.15, 0.2) is 12.7 Å². The van der Waals surface area contributed by atoms with Crippen LogP contribution in [-0.4, -0.2) is 10.7 Å². The van der Waals surface area contributed by atoms with Gasteiger partial charge in [-0.1, -0.05) is 38.2 Å². The van der Waals surface area contributed by atoms with Gasteiger partial charge in [0.15, 0.2) is 0 Å². The van der Waals surface area contributed by atoms with E-state index < -0.39 is 5.60 Å². The highest BCUT2D eigenvalue weighted by molar-refractivity contribution is 4.91. The maximum atomic E-state index is 9.74. The Balaban J connectivity index is 2.20. The smallest absolute Gasteiger partial charge is 0.0797 e. The van der Waals surface area contributed by atoms with Crippen molar-refractivity contribution in [3.63, 3.8) is 0 Å². The number of aliphatic hydroxyl groups is 1. The van der Waals surface area contributed by atoms with Gasteiger partial charge < -0.3 is 5.11 Å². The average molecular weight is 182 g/mol. The predicted octanol–water partition coefficient (Wildman–Crippen LogP) is 3.28. The molecule has 0 heterocycles. The van der Waals surface area contributed by atoms with E-state index in [4.69, 9.17) is 0 Å². The fourth-order valence-electron chi connectivity index (χ4n) is 2.07. The molecule has 0 spiro atoms. The molecule has 1 rings (SSSR count). The summed E-state index contributed by atoms with van der Waals surface area (Å²) in [5.74, 6) is 0.861. The summed E-state index contributed by atoms with van der Waals surface area (Å²) >= 11 is 0. The van der Waals surface area contributed by atoms with Crippen LogP contribution in [0.1, 0.15) is 51.9 Å². The van der Waals surface area contributed by atoms with E-state index in [1.54, 1.807) is 6.08 Å².